The molecular formula is C22H28N2O2S2. The standard InChI is InChI=1S/C22H28N2O2S2/c1-27-18-5-6-21-19(15-18)20(13-16-3-4-17(26)14-22(16)28-21)24-10-8-23(9-11-24)7-2-12-25/h3-6,14-15,20,25-26H,2,7-13H2,1H3. The number of hydrogen-bond donors (Lipinski definition) is 2. The third-order valence-electron chi connectivity index (χ3n) is 5.74. The average molecular weight is 417 g/mol. The Balaban J connectivity index is 1.63. The molecule has 28 heavy (non-hydrogen) atoms. The average Bonchev–Trinajstić information content (AvgIpc) is 2.88. The molecular weight excluding hydrogens is 388 g/mol. The fourth-order valence-electron chi connectivity index (χ4n) is 4.17. The normalized spacial score (nSPS) is 20.4. The number of aliphatic hydroxyl groups excluding tert-OH is 1. The number of nitrogens with zero attached hydrogens (tertiary/aromatic N) is 2. The zero-order valence-electron chi connectivity index (χ0n) is 16.3. The van der Waals surface area contributed by atoms with Gasteiger partial charge in [-0.3, -0.25) is 4.90 Å². The van der Waals surface area contributed by atoms with Crippen molar-refractivity contribution >= 4 is 23.5 Å². The van der Waals surface area contributed by atoms with Crippen molar-refractivity contribution in [3.8, 4) is 5.75 Å². The van der Waals surface area contributed by atoms with Gasteiger partial charge in [0, 0.05) is 60.1 Å². The predicted molar refractivity (Wildman–Crippen MR) is 117 cm³/mol. The maximum Gasteiger partial charge on any atom is 0.116 e. The fraction of sp³-hybridized carbons (Fsp3) is 0.455. The van der Waals surface area contributed by atoms with Gasteiger partial charge in [-0.1, -0.05) is 17.8 Å². The molecule has 2 aromatic rings. The van der Waals surface area contributed by atoms with Crippen LogP contribution in [0.15, 0.2) is 51.1 Å². The van der Waals surface area contributed by atoms with Gasteiger partial charge in [0.25, 0.3) is 0 Å². The van der Waals surface area contributed by atoms with Crippen molar-refractivity contribution in [3.05, 3.63) is 47.5 Å². The Morgan fingerprint density at radius 1 is 1.07 bits per heavy atom. The fourth-order valence-corrected chi connectivity index (χ4v) is 5.77. The summed E-state index contributed by atoms with van der Waals surface area (Å²) in [6.45, 7) is 5.48. The van der Waals surface area contributed by atoms with E-state index in [0.29, 0.717) is 11.8 Å². The molecule has 2 heterocycles. The van der Waals surface area contributed by atoms with E-state index in [4.69, 9.17) is 5.11 Å². The maximum atomic E-state index is 9.97. The Morgan fingerprint density at radius 3 is 2.64 bits per heavy atom. The van der Waals surface area contributed by atoms with Gasteiger partial charge in [0.05, 0.1) is 0 Å². The molecule has 0 aromatic heterocycles. The molecule has 2 aromatic carbocycles. The number of phenols is 1. The Hall–Kier alpha value is -1.18. The minimum absolute atomic E-state index is 0.272. The second-order valence-electron chi connectivity index (χ2n) is 7.47. The first-order valence-electron chi connectivity index (χ1n) is 9.93. The quantitative estimate of drug-likeness (QED) is 0.722. The Bertz CT molecular complexity index is 822. The Labute approximate surface area is 175 Å². The topological polar surface area (TPSA) is 46.9 Å². The van der Waals surface area contributed by atoms with Gasteiger partial charge >= 0.3 is 0 Å². The lowest BCUT2D eigenvalue weighted by Crippen LogP contribution is -2.48. The van der Waals surface area contributed by atoms with Crippen LogP contribution in [0.1, 0.15) is 23.6 Å². The number of piperazine rings is 1. The summed E-state index contributed by atoms with van der Waals surface area (Å²) in [5.74, 6) is 0.337. The number of thioether (sulfide) groups is 1. The van der Waals surface area contributed by atoms with E-state index in [2.05, 4.69) is 40.3 Å². The van der Waals surface area contributed by atoms with Gasteiger partial charge in [0.1, 0.15) is 5.75 Å². The summed E-state index contributed by atoms with van der Waals surface area (Å²) < 4.78 is 0. The monoisotopic (exact) mass is 416 g/mol. The van der Waals surface area contributed by atoms with Crippen molar-refractivity contribution in [1.29, 1.82) is 0 Å². The molecule has 4 rings (SSSR count). The Morgan fingerprint density at radius 2 is 1.89 bits per heavy atom. The largest absolute Gasteiger partial charge is 0.508 e. The molecule has 2 aliphatic rings. The van der Waals surface area contributed by atoms with E-state index in [-0.39, 0.29) is 6.61 Å². The molecule has 1 atom stereocenters. The molecule has 2 aliphatic heterocycles. The van der Waals surface area contributed by atoms with Crippen LogP contribution in [0.25, 0.3) is 0 Å². The number of phenolic OH excluding ortho intramolecular Hbond substituents is 1. The molecule has 4 nitrogen and oxygen atoms in total. The van der Waals surface area contributed by atoms with E-state index >= 15 is 0 Å². The molecule has 1 saturated heterocycles. The third-order valence-corrected chi connectivity index (χ3v) is 7.66. The molecule has 150 valence electrons. The van der Waals surface area contributed by atoms with Crippen LogP contribution in [-0.4, -0.2) is 65.6 Å². The van der Waals surface area contributed by atoms with Gasteiger partial charge < -0.3 is 15.1 Å². The number of aliphatic hydroxyl groups is 1. The molecule has 0 amide bonds. The summed E-state index contributed by atoms with van der Waals surface area (Å²) in [5.41, 5.74) is 2.73. The summed E-state index contributed by atoms with van der Waals surface area (Å²) in [4.78, 5) is 8.86. The van der Waals surface area contributed by atoms with E-state index in [1.165, 1.54) is 25.8 Å². The van der Waals surface area contributed by atoms with Crippen LogP contribution in [0.4, 0.5) is 0 Å². The van der Waals surface area contributed by atoms with Crippen molar-refractivity contribution in [1.82, 2.24) is 9.80 Å². The molecule has 0 bridgehead atoms. The molecule has 1 unspecified atom stereocenters. The van der Waals surface area contributed by atoms with Gasteiger partial charge in [-0.25, -0.2) is 0 Å². The highest BCUT2D eigenvalue weighted by atomic mass is 32.2. The minimum Gasteiger partial charge on any atom is -0.508 e. The highest BCUT2D eigenvalue weighted by Gasteiger charge is 2.30. The van der Waals surface area contributed by atoms with E-state index in [1.807, 2.05) is 12.1 Å². The summed E-state index contributed by atoms with van der Waals surface area (Å²) >= 11 is 3.58. The van der Waals surface area contributed by atoms with E-state index in [0.717, 1.165) is 45.6 Å². The van der Waals surface area contributed by atoms with Crippen LogP contribution < -0.4 is 0 Å². The van der Waals surface area contributed by atoms with Crippen molar-refractivity contribution in [2.75, 3.05) is 45.6 Å². The van der Waals surface area contributed by atoms with E-state index < -0.39 is 0 Å². The second kappa shape index (κ2) is 9.09. The van der Waals surface area contributed by atoms with Gasteiger partial charge in [0.15, 0.2) is 0 Å². The number of benzene rings is 2. The summed E-state index contributed by atoms with van der Waals surface area (Å²) in [5, 5.41) is 19.1. The maximum absolute atomic E-state index is 9.97. The highest BCUT2D eigenvalue weighted by molar-refractivity contribution is 7.99. The van der Waals surface area contributed by atoms with Crippen molar-refractivity contribution < 1.29 is 10.2 Å². The minimum atomic E-state index is 0.272. The van der Waals surface area contributed by atoms with Crippen molar-refractivity contribution in [3.63, 3.8) is 0 Å². The first kappa shape index (κ1) is 20.1. The molecule has 0 radical (unpaired) electrons. The lowest BCUT2D eigenvalue weighted by molar-refractivity contribution is 0.0898. The van der Waals surface area contributed by atoms with Crippen LogP contribution >= 0.6 is 23.5 Å². The molecule has 0 saturated carbocycles. The molecule has 0 aliphatic carbocycles. The van der Waals surface area contributed by atoms with Crippen molar-refractivity contribution in [2.24, 2.45) is 0 Å². The summed E-state index contributed by atoms with van der Waals surface area (Å²) in [7, 11) is 0. The van der Waals surface area contributed by atoms with Gasteiger partial charge in [0.2, 0.25) is 0 Å². The first-order chi connectivity index (χ1) is 13.7. The lowest BCUT2D eigenvalue weighted by atomic mass is 9.96. The van der Waals surface area contributed by atoms with Crippen molar-refractivity contribution in [2.45, 2.75) is 33.6 Å². The second-order valence-corrected chi connectivity index (χ2v) is 9.44. The molecule has 1 fully saturated rings. The Kier molecular flexibility index (Phi) is 6.53. The third kappa shape index (κ3) is 4.36. The van der Waals surface area contributed by atoms with Crippen LogP contribution in [0, 0.1) is 0 Å². The smallest absolute Gasteiger partial charge is 0.116 e. The molecule has 2 N–H and O–H groups in total. The van der Waals surface area contributed by atoms with Gasteiger partial charge in [-0.05, 0) is 60.6 Å². The summed E-state index contributed by atoms with van der Waals surface area (Å²) in [6.07, 6.45) is 3.97. The number of fused-ring (bicyclic) bond motifs is 2. The summed E-state index contributed by atoms with van der Waals surface area (Å²) in [6, 6.07) is 13.0. The van der Waals surface area contributed by atoms with Crippen LogP contribution in [-0.2, 0) is 6.42 Å². The number of aromatic hydroxyl groups is 1. The van der Waals surface area contributed by atoms with Gasteiger partial charge in [-0.15, -0.1) is 11.8 Å². The van der Waals surface area contributed by atoms with E-state index in [9.17, 15) is 5.11 Å². The zero-order valence-corrected chi connectivity index (χ0v) is 17.9. The number of hydrogen-bond acceptors (Lipinski definition) is 6. The molecule has 6 heteroatoms. The van der Waals surface area contributed by atoms with Gasteiger partial charge in [-0.2, -0.15) is 0 Å². The zero-order chi connectivity index (χ0) is 19.5. The molecule has 0 spiro atoms. The van der Waals surface area contributed by atoms with E-state index in [1.54, 1.807) is 23.5 Å². The SMILES string of the molecule is CSc1ccc2c(c1)C(N1CCN(CCCO)CC1)Cc1ccc(O)cc1S2. The van der Waals surface area contributed by atoms with Crippen LogP contribution in [0.2, 0.25) is 0 Å². The highest BCUT2D eigenvalue weighted by Crippen LogP contribution is 2.45. The first-order valence-corrected chi connectivity index (χ1v) is 12.0. The lowest BCUT2D eigenvalue weighted by Gasteiger charge is -2.39. The predicted octanol–water partition coefficient (Wildman–Crippen LogP) is 3.86. The van der Waals surface area contributed by atoms with Crippen LogP contribution in [0.5, 0.6) is 5.75 Å². The van der Waals surface area contributed by atoms with Crippen LogP contribution in [0.3, 0.4) is 0 Å². The number of rotatable bonds is 5.